The average Bonchev–Trinajstić information content (AvgIpc) is 3.50. The summed E-state index contributed by atoms with van der Waals surface area (Å²) in [7, 11) is 0. The number of ether oxygens (including phenoxy) is 2. The lowest BCUT2D eigenvalue weighted by atomic mass is 9.34. The van der Waals surface area contributed by atoms with Gasteiger partial charge in [0.05, 0.1) is 25.7 Å². The van der Waals surface area contributed by atoms with Crippen LogP contribution in [0.5, 0.6) is 0 Å². The van der Waals surface area contributed by atoms with E-state index in [2.05, 4.69) is 78.7 Å². The molecule has 49 heavy (non-hydrogen) atoms. The van der Waals surface area contributed by atoms with Gasteiger partial charge in [0.15, 0.2) is 6.04 Å². The first-order chi connectivity index (χ1) is 22.7. The number of nitrogens with two attached hydrogens (primary N) is 1. The van der Waals surface area contributed by atoms with Crippen LogP contribution in [0.3, 0.4) is 0 Å². The minimum Gasteiger partial charge on any atom is -0.481 e. The van der Waals surface area contributed by atoms with Crippen molar-refractivity contribution in [1.29, 1.82) is 0 Å². The maximum atomic E-state index is 13.4. The minimum atomic E-state index is -0.676. The molecule has 2 bridgehead atoms. The van der Waals surface area contributed by atoms with E-state index in [-0.39, 0.29) is 45.7 Å². The molecule has 0 spiro atoms. The highest BCUT2D eigenvalue weighted by Gasteiger charge is 2.72. The third-order valence-electron chi connectivity index (χ3n) is 16.0. The number of allylic oxidation sites excluding steroid dienone is 1. The average molecular weight is 684 g/mol. The number of carbonyl (C=O) groups is 1. The van der Waals surface area contributed by atoms with E-state index < -0.39 is 45.3 Å². The Hall–Kier alpha value is -2.37. The molecule has 5 aliphatic rings. The van der Waals surface area contributed by atoms with Crippen LogP contribution >= 0.6 is 0 Å². The van der Waals surface area contributed by atoms with Crippen molar-refractivity contribution in [3.8, 4) is 0 Å². The molecule has 3 N–H and O–H groups in total. The molecule has 1 aliphatic heterocycles. The van der Waals surface area contributed by atoms with E-state index in [4.69, 9.17) is 15.2 Å². The minimum absolute atomic E-state index is 0.143. The highest BCUT2D eigenvalue weighted by atomic mass is 16.6. The number of carboxylic acids is 1. The molecule has 6 rings (SSSR count). The van der Waals surface area contributed by atoms with E-state index in [9.17, 15) is 20.0 Å². The van der Waals surface area contributed by atoms with E-state index in [1.807, 2.05) is 6.92 Å². The van der Waals surface area contributed by atoms with Gasteiger partial charge in [-0.3, -0.25) is 4.79 Å². The molecule has 3 saturated carbocycles. The zero-order chi connectivity index (χ0) is 36.1. The summed E-state index contributed by atoms with van der Waals surface area (Å²) in [5.41, 5.74) is 5.67. The van der Waals surface area contributed by atoms with Crippen LogP contribution < -0.4 is 5.73 Å². The van der Waals surface area contributed by atoms with Crippen LogP contribution in [0.15, 0.2) is 17.8 Å². The summed E-state index contributed by atoms with van der Waals surface area (Å²) in [6, 6.07) is -0.454. The first-order valence-electron chi connectivity index (χ1n) is 18.7. The molecule has 4 aliphatic carbocycles. The smallest absolute Gasteiger partial charge is 0.365 e. The molecule has 0 unspecified atom stereocenters. The predicted molar refractivity (Wildman–Crippen MR) is 186 cm³/mol. The Balaban J connectivity index is 1.47. The van der Waals surface area contributed by atoms with Crippen LogP contribution in [-0.4, -0.2) is 62.5 Å². The van der Waals surface area contributed by atoms with Crippen molar-refractivity contribution in [1.82, 2.24) is 15.0 Å². The van der Waals surface area contributed by atoms with Crippen LogP contribution in [0.1, 0.15) is 114 Å². The van der Waals surface area contributed by atoms with Crippen LogP contribution in [0, 0.1) is 72.7 Å². The molecule has 0 aromatic carbocycles. The number of hydrogen-bond donors (Lipinski definition) is 2. The van der Waals surface area contributed by atoms with E-state index in [1.54, 1.807) is 0 Å². The zero-order valence-electron chi connectivity index (χ0n) is 31.5. The molecule has 2 heterocycles. The SMILES string of the molecule is CC(C)[C@@H](C)[C@@]1(C)CC[C@]2(C)[C@H]3CC[C@@H]4[C@@]5(COC[C@@]4(C)[C@@H](OC[C@](C)(N)C(C)C)[C@H](n4nncc4[N+](=O)[O-])C5)C3=CC[C@@]2(C)[C@@H]1C(=O)O. The first kappa shape index (κ1) is 36.4. The van der Waals surface area contributed by atoms with Gasteiger partial charge in [-0.25, -0.2) is 0 Å². The molecule has 4 fully saturated rings. The van der Waals surface area contributed by atoms with Crippen LogP contribution in [0.25, 0.3) is 0 Å². The molecule has 12 atom stereocenters. The number of hydrogen-bond acceptors (Lipinski definition) is 8. The van der Waals surface area contributed by atoms with E-state index in [1.165, 1.54) is 16.5 Å². The number of aliphatic carboxylic acids is 1. The Morgan fingerprint density at radius 2 is 1.86 bits per heavy atom. The fourth-order valence-electron chi connectivity index (χ4n) is 12.2. The topological polar surface area (TPSA) is 156 Å². The first-order valence-corrected chi connectivity index (χ1v) is 18.7. The number of nitrogens with zero attached hydrogens (tertiary/aromatic N) is 4. The van der Waals surface area contributed by atoms with Gasteiger partial charge >= 0.3 is 11.8 Å². The highest BCUT2D eigenvalue weighted by molar-refractivity contribution is 5.73. The molecule has 274 valence electrons. The van der Waals surface area contributed by atoms with E-state index in [0.29, 0.717) is 38.6 Å². The third kappa shape index (κ3) is 5.01. The molecular formula is C38H61N5O6. The van der Waals surface area contributed by atoms with Gasteiger partial charge in [0.2, 0.25) is 0 Å². The largest absolute Gasteiger partial charge is 0.481 e. The highest BCUT2D eigenvalue weighted by Crippen LogP contribution is 2.75. The lowest BCUT2D eigenvalue weighted by Gasteiger charge is -2.71. The number of nitro groups is 1. The van der Waals surface area contributed by atoms with Gasteiger partial charge in [-0.05, 0) is 89.8 Å². The Morgan fingerprint density at radius 3 is 2.47 bits per heavy atom. The quantitative estimate of drug-likeness (QED) is 0.158. The number of carboxylic acid groups (broad SMARTS) is 1. The predicted octanol–water partition coefficient (Wildman–Crippen LogP) is 7.07. The van der Waals surface area contributed by atoms with Gasteiger partial charge < -0.3 is 30.4 Å². The molecular weight excluding hydrogens is 622 g/mol. The van der Waals surface area contributed by atoms with Crippen molar-refractivity contribution in [3.05, 3.63) is 28.0 Å². The Bertz CT molecular complexity index is 1510. The summed E-state index contributed by atoms with van der Waals surface area (Å²) in [4.78, 5) is 25.3. The molecule has 0 radical (unpaired) electrons. The van der Waals surface area contributed by atoms with Crippen molar-refractivity contribution in [2.45, 2.75) is 125 Å². The number of aromatic nitrogens is 3. The number of rotatable bonds is 9. The van der Waals surface area contributed by atoms with Crippen molar-refractivity contribution < 1.29 is 24.3 Å². The Morgan fingerprint density at radius 1 is 1.16 bits per heavy atom. The van der Waals surface area contributed by atoms with E-state index in [0.717, 1.165) is 25.7 Å². The van der Waals surface area contributed by atoms with Gasteiger partial charge in [-0.15, -0.1) is 9.78 Å². The summed E-state index contributed by atoms with van der Waals surface area (Å²) in [6.45, 7) is 23.3. The molecule has 11 nitrogen and oxygen atoms in total. The van der Waals surface area contributed by atoms with Crippen molar-refractivity contribution >= 4 is 11.8 Å². The third-order valence-corrected chi connectivity index (χ3v) is 16.0. The van der Waals surface area contributed by atoms with Gasteiger partial charge in [0.25, 0.3) is 0 Å². The van der Waals surface area contributed by atoms with Crippen molar-refractivity contribution in [3.63, 3.8) is 0 Å². The Kier molecular flexibility index (Phi) is 8.80. The lowest BCUT2D eigenvalue weighted by molar-refractivity contribution is -0.394. The molecule has 1 aromatic rings. The molecule has 1 saturated heterocycles. The fraction of sp³-hybridized carbons (Fsp3) is 0.868. The fourth-order valence-corrected chi connectivity index (χ4v) is 12.2. The summed E-state index contributed by atoms with van der Waals surface area (Å²) >= 11 is 0. The summed E-state index contributed by atoms with van der Waals surface area (Å²) in [5.74, 6) is -0.0688. The summed E-state index contributed by atoms with van der Waals surface area (Å²) in [6.07, 6.45) is 8.24. The van der Waals surface area contributed by atoms with Crippen LogP contribution in [-0.2, 0) is 14.3 Å². The molecule has 0 amide bonds. The lowest BCUT2D eigenvalue weighted by Crippen LogP contribution is -2.69. The second-order valence-corrected chi connectivity index (χ2v) is 18.8. The summed E-state index contributed by atoms with van der Waals surface area (Å²) < 4.78 is 15.0. The summed E-state index contributed by atoms with van der Waals surface area (Å²) in [5, 5.41) is 31.7. The monoisotopic (exact) mass is 683 g/mol. The van der Waals surface area contributed by atoms with Gasteiger partial charge in [0.1, 0.15) is 12.3 Å². The zero-order valence-corrected chi connectivity index (χ0v) is 31.5. The second kappa shape index (κ2) is 11.8. The standard InChI is InChI=1S/C38H61N5O6/c1-22(2)24(5)33(6)15-16-35(8)25-11-12-28-34(7)19-48-21-38(28,26(25)13-14-36(35,9)30(33)32(44)45)17-27(42-29(43(46)47)18-40-41-42)31(34)49-20-37(10,39)23(3)4/h13,18,22-25,27-28,30-31H,11-12,14-17,19-21,39H2,1-10H3,(H,44,45)/t24-,25+,27-,28+,30-,31+,33-,34-,35-,36+,37+,38+/m1/s1. The molecule has 1 aromatic heterocycles. The van der Waals surface area contributed by atoms with Gasteiger partial charge in [-0.2, -0.15) is 0 Å². The normalized spacial score (nSPS) is 43.5. The number of fused-ring (bicyclic) bond motifs is 3. The van der Waals surface area contributed by atoms with Gasteiger partial charge in [-0.1, -0.05) is 74.0 Å². The van der Waals surface area contributed by atoms with E-state index >= 15 is 0 Å². The Labute approximate surface area is 292 Å². The maximum Gasteiger partial charge on any atom is 0.365 e. The van der Waals surface area contributed by atoms with Crippen LogP contribution in [0.4, 0.5) is 5.82 Å². The van der Waals surface area contributed by atoms with Crippen molar-refractivity contribution in [2.24, 2.45) is 68.3 Å². The van der Waals surface area contributed by atoms with Crippen molar-refractivity contribution in [2.75, 3.05) is 19.8 Å². The molecule has 11 heteroatoms. The van der Waals surface area contributed by atoms with Gasteiger partial charge in [0, 0.05) is 28.0 Å². The maximum absolute atomic E-state index is 13.4. The van der Waals surface area contributed by atoms with Crippen LogP contribution in [0.2, 0.25) is 0 Å². The second-order valence-electron chi connectivity index (χ2n) is 18.8.